The van der Waals surface area contributed by atoms with Crippen LogP contribution in [-0.2, 0) is 68.9 Å². The zero-order chi connectivity index (χ0) is 79.0. The maximum absolute atomic E-state index is 13.5. The number of aromatic hydroxyl groups is 3. The highest BCUT2D eigenvalue weighted by Crippen LogP contribution is 2.81. The molecule has 25 nitrogen and oxygen atoms in total. The van der Waals surface area contributed by atoms with E-state index in [1.807, 2.05) is 43.6 Å². The summed E-state index contributed by atoms with van der Waals surface area (Å²) in [6.45, 7) is 8.88. The number of primary amides is 1. The van der Waals surface area contributed by atoms with Crippen LogP contribution in [0.15, 0.2) is 66.9 Å². The lowest BCUT2D eigenvalue weighted by Crippen LogP contribution is -2.81. The number of aromatic nitrogens is 1. The van der Waals surface area contributed by atoms with Crippen LogP contribution in [0.2, 0.25) is 0 Å². The van der Waals surface area contributed by atoms with Gasteiger partial charge < -0.3 is 86.6 Å². The highest BCUT2D eigenvalue weighted by molar-refractivity contribution is 6.06. The molecule has 5 amide bonds. The summed E-state index contributed by atoms with van der Waals surface area (Å²) < 4.78 is 40.0. The normalized spacial score (nSPS) is 38.4. The lowest BCUT2D eigenvalue weighted by molar-refractivity contribution is -0.276. The summed E-state index contributed by atoms with van der Waals surface area (Å²) in [7, 11) is 5.35. The topological polar surface area (TPSA) is 347 Å². The van der Waals surface area contributed by atoms with Crippen LogP contribution in [0, 0.1) is 51.8 Å². The summed E-state index contributed by atoms with van der Waals surface area (Å²) in [5.74, 6) is 3.52. The molecule has 6 unspecified atom stereocenters. The van der Waals surface area contributed by atoms with Crippen molar-refractivity contribution < 1.29 is 72.8 Å². The third kappa shape index (κ3) is 10.2. The number of hydrogen-bond acceptors (Lipinski definition) is 19. The predicted octanol–water partition coefficient (Wildman–Crippen LogP) is 6.69. The molecule has 15 aliphatic carbocycles. The molecule has 6 aliphatic heterocycles. The molecule has 4 aromatic carbocycles. The SMILES string of the molecule is COC12CC[C@@]3(C[C@@H]1CNC(=O)[C@@H](N)CC(N)=O)[C@H]1Cc4ccc(O)c5c4[C@@]3(CCN1CC1CC1)C2O5.COC12CC[C@@]3(C[C@@H]1CNC(=O)[C@H](CO)NC(C)=O)[C@H]1Cc4ccc(O)c5c4[C@@]3(CCN1CC1CC1)C2O5.COC12CC[C@@]3(C[C@@H]1CNC(=O)c1c[nH]c4ccccc14)[C@H]1Cc4ccc(O)c5c4[C@@]3(CCN1CC1CC1)C2O5. The monoisotopic (exact) mass is 1570 g/mol. The second kappa shape index (κ2) is 26.4. The van der Waals surface area contributed by atoms with Gasteiger partial charge in [0.15, 0.2) is 34.5 Å². The van der Waals surface area contributed by atoms with E-state index in [9.17, 15) is 44.4 Å². The van der Waals surface area contributed by atoms with Crippen molar-refractivity contribution in [2.24, 2.45) is 63.2 Å². The number of phenolic OH excluding ortho intramolecular Hbond substituents is 3. The van der Waals surface area contributed by atoms with Crippen molar-refractivity contribution >= 4 is 40.4 Å². The van der Waals surface area contributed by atoms with Gasteiger partial charge in [0.25, 0.3) is 5.91 Å². The van der Waals surface area contributed by atoms with Crippen LogP contribution in [0.3, 0.4) is 0 Å². The standard InChI is InChI=1S/C33H37N3O4.C29H39N3O6.C28H38N4O5/c1-39-33-11-10-31(15-21(33)16-35-29(38)23-17-34-24-5-3-2-4-22(23)24)26-14-20-8-9-25(37)28-27(20)32(31,30(33)40-28)12-13-36(26)18-19-6-7-19;1-16(34)31-20(15-33)25(36)30-13-19-12-27-7-8-29(19,37-2)26-28(27)9-10-32(14-17-3-4-17)22(27)11-18-5-6-21(35)24(38-26)23(18)28;1-36-28-7-6-26(12-17(28)13-31-24(35)18(29)11-21(30)34)20-10-16-4-5-19(33)23-22(16)27(26,25(28)37-23)8-9-32(20)14-15-2-3-15/h2-5,8-9,17,19,21,26,30,34,37H,6-7,10-16,18H2,1H3,(H,35,38);5-6,17,19-20,22,26,33,35H,3-4,7-15H2,1-2H3,(H,30,36)(H,31,34);4-5,15,17-18,20,25,33H,2-3,6-14,29H2,1H3,(H2,30,34)(H,31,35)/t21-,26-,30?,31-,32+,33?;19-,20+,22-,26?,27-,28+,29?;17-,18+,20-,25?,26-,27+,28?/m111/s1. The Labute approximate surface area is 671 Å². The number of hydrogen-bond donors (Lipinski definition) is 11. The maximum Gasteiger partial charge on any atom is 0.253 e. The minimum Gasteiger partial charge on any atom is -0.504 e. The molecule has 0 radical (unpaired) electrons. The molecule has 3 saturated heterocycles. The Kier molecular flexibility index (Phi) is 17.1. The van der Waals surface area contributed by atoms with Crippen molar-refractivity contribution in [1.29, 1.82) is 0 Å². The number of piperidine rings is 3. The van der Waals surface area contributed by atoms with Gasteiger partial charge in [-0.1, -0.05) is 36.4 Å². The molecule has 12 bridgehead atoms. The van der Waals surface area contributed by atoms with Gasteiger partial charge in [-0.05, 0) is 213 Å². The number of nitrogens with one attached hydrogen (secondary N) is 5. The maximum atomic E-state index is 13.5. The van der Waals surface area contributed by atoms with Crippen LogP contribution in [0.4, 0.5) is 0 Å². The van der Waals surface area contributed by atoms with Crippen LogP contribution in [0.1, 0.15) is 173 Å². The molecule has 5 aromatic rings. The minimum atomic E-state index is -0.981. The Balaban J connectivity index is 0.000000108. The molecule has 6 spiro atoms. The summed E-state index contributed by atoms with van der Waals surface area (Å²) in [6.07, 6.45) is 23.7. The number of rotatable bonds is 22. The quantitative estimate of drug-likeness (QED) is 0.0343. The Morgan fingerprint density at radius 1 is 0.539 bits per heavy atom. The Bertz CT molecular complexity index is 4850. The number of benzene rings is 4. The average Bonchev–Trinajstić information content (AvgIpc) is 1.64. The molecule has 115 heavy (non-hydrogen) atoms. The molecule has 7 heterocycles. The molecule has 12 saturated carbocycles. The fourth-order valence-corrected chi connectivity index (χ4v) is 29.4. The fourth-order valence-electron chi connectivity index (χ4n) is 29.4. The number of fused-ring (bicyclic) bond motifs is 7. The number of H-pyrrole nitrogens is 1. The molecule has 1 aromatic heterocycles. The number of nitrogens with two attached hydrogens (primary N) is 2. The third-order valence-corrected chi connectivity index (χ3v) is 34.4. The van der Waals surface area contributed by atoms with Crippen molar-refractivity contribution in [3.8, 4) is 34.5 Å². The van der Waals surface area contributed by atoms with Crippen LogP contribution in [-0.4, -0.2) is 222 Å². The first-order valence-electron chi connectivity index (χ1n) is 43.3. The first-order chi connectivity index (χ1) is 55.6. The van der Waals surface area contributed by atoms with Gasteiger partial charge in [0, 0.05) is 170 Å². The second-order valence-electron chi connectivity index (χ2n) is 38.8. The number of carbonyl (C=O) groups excluding carboxylic acids is 5. The number of aliphatic hydroxyl groups excluding tert-OH is 1. The third-order valence-electron chi connectivity index (χ3n) is 34.4. The number of amides is 5. The molecular weight excluding hydrogens is 1460 g/mol. The highest BCUT2D eigenvalue weighted by atomic mass is 16.6. The summed E-state index contributed by atoms with van der Waals surface area (Å²) in [6, 6.07) is 19.0. The molecule has 15 fully saturated rings. The van der Waals surface area contributed by atoms with Gasteiger partial charge >= 0.3 is 0 Å². The van der Waals surface area contributed by atoms with Gasteiger partial charge in [-0.25, -0.2) is 0 Å². The largest absolute Gasteiger partial charge is 0.504 e. The first-order valence-corrected chi connectivity index (χ1v) is 43.3. The van der Waals surface area contributed by atoms with Gasteiger partial charge in [-0.3, -0.25) is 38.7 Å². The number of phenols is 3. The Morgan fingerprint density at radius 2 is 0.930 bits per heavy atom. The van der Waals surface area contributed by atoms with Gasteiger partial charge in [-0.15, -0.1) is 0 Å². The summed E-state index contributed by atoms with van der Waals surface area (Å²) in [5, 5.41) is 55.4. The van der Waals surface area contributed by atoms with E-state index >= 15 is 0 Å². The molecule has 13 N–H and O–H groups in total. The lowest BCUT2D eigenvalue weighted by Gasteiger charge is -2.74. The summed E-state index contributed by atoms with van der Waals surface area (Å²) >= 11 is 0. The minimum absolute atomic E-state index is 0.00127. The van der Waals surface area contributed by atoms with Gasteiger partial charge in [-0.2, -0.15) is 0 Å². The number of ether oxygens (including phenoxy) is 6. The van der Waals surface area contributed by atoms with Crippen molar-refractivity contribution in [3.63, 3.8) is 0 Å². The van der Waals surface area contributed by atoms with E-state index in [0.29, 0.717) is 60.6 Å². The first kappa shape index (κ1) is 74.8. The van der Waals surface area contributed by atoms with E-state index in [4.69, 9.17) is 39.9 Å². The smallest absolute Gasteiger partial charge is 0.253 e. The van der Waals surface area contributed by atoms with Crippen LogP contribution in [0.25, 0.3) is 10.9 Å². The number of methoxy groups -OCH3 is 3. The molecule has 20 atom stereocenters. The molecule has 25 heteroatoms. The van der Waals surface area contributed by atoms with Gasteiger partial charge in [0.1, 0.15) is 41.2 Å². The number of aromatic amines is 1. The lowest BCUT2D eigenvalue weighted by atomic mass is 9.35. The van der Waals surface area contributed by atoms with Crippen LogP contribution < -0.4 is 46.9 Å². The van der Waals surface area contributed by atoms with Gasteiger partial charge in [0.05, 0.1) is 24.6 Å². The van der Waals surface area contributed by atoms with E-state index < -0.39 is 47.3 Å². The fraction of sp³-hybridized carbons (Fsp3) is 0.656. The molecule has 26 rings (SSSR count). The average molecular weight is 1580 g/mol. The van der Waals surface area contributed by atoms with E-state index in [1.54, 1.807) is 26.4 Å². The highest BCUT2D eigenvalue weighted by Gasteiger charge is 2.84. The molecule has 614 valence electrons. The summed E-state index contributed by atoms with van der Waals surface area (Å²) in [4.78, 5) is 73.6. The Hall–Kier alpha value is -7.75. The van der Waals surface area contributed by atoms with Crippen molar-refractivity contribution in [2.45, 2.75) is 230 Å². The van der Waals surface area contributed by atoms with E-state index in [-0.39, 0.29) is 110 Å². The van der Waals surface area contributed by atoms with E-state index in [0.717, 1.165) is 158 Å². The number of para-hydroxylation sites is 1. The zero-order valence-corrected chi connectivity index (χ0v) is 66.8. The van der Waals surface area contributed by atoms with Crippen molar-refractivity contribution in [1.82, 2.24) is 41.0 Å². The molecule has 21 aliphatic rings. The van der Waals surface area contributed by atoms with Crippen molar-refractivity contribution in [2.75, 3.05) is 86.8 Å². The molecular formula is C90H114N10O15. The van der Waals surface area contributed by atoms with Gasteiger partial charge in [0.2, 0.25) is 23.6 Å². The zero-order valence-electron chi connectivity index (χ0n) is 66.8. The second-order valence-corrected chi connectivity index (χ2v) is 38.8. The predicted molar refractivity (Wildman–Crippen MR) is 423 cm³/mol. The van der Waals surface area contributed by atoms with Crippen LogP contribution >= 0.6 is 0 Å². The number of likely N-dealkylation sites (tertiary alicyclic amines) is 3. The summed E-state index contributed by atoms with van der Waals surface area (Å²) in [5.41, 5.74) is 18.3. The van der Waals surface area contributed by atoms with Crippen LogP contribution in [0.5, 0.6) is 34.5 Å². The number of aliphatic hydroxyl groups is 1. The number of nitrogens with zero attached hydrogens (tertiary/aromatic N) is 3. The van der Waals surface area contributed by atoms with Crippen molar-refractivity contribution in [3.05, 3.63) is 106 Å². The Morgan fingerprint density at radius 3 is 1.30 bits per heavy atom. The van der Waals surface area contributed by atoms with E-state index in [2.05, 4.69) is 59.1 Å². The number of carbonyl (C=O) groups is 5. The van der Waals surface area contributed by atoms with E-state index in [1.165, 1.54) is 85.4 Å².